The molecule has 1 heterocycles. The first-order valence-corrected chi connectivity index (χ1v) is 3.51. The molecule has 1 saturated heterocycles. The third-order valence-electron chi connectivity index (χ3n) is 1.97. The molecule has 2 rings (SSSR count). The van der Waals surface area contributed by atoms with Gasteiger partial charge in [-0.2, -0.15) is 0 Å². The monoisotopic (exact) mass is 135 g/mol. The summed E-state index contributed by atoms with van der Waals surface area (Å²) in [6.07, 6.45) is 8.86. The smallest absolute Gasteiger partial charge is 0.227 e. The fourth-order valence-corrected chi connectivity index (χ4v) is 1.42. The molecule has 2 atom stereocenters. The molecule has 1 aliphatic heterocycles. The van der Waals surface area contributed by atoms with Gasteiger partial charge in [0.2, 0.25) is 5.91 Å². The molecule has 0 aromatic heterocycles. The number of amides is 1. The van der Waals surface area contributed by atoms with E-state index < -0.39 is 0 Å². The quantitative estimate of drug-likeness (QED) is 0.518. The highest BCUT2D eigenvalue weighted by Crippen LogP contribution is 2.19. The van der Waals surface area contributed by atoms with E-state index in [2.05, 4.69) is 5.32 Å². The molecular weight excluding hydrogens is 126 g/mol. The average Bonchev–Trinajstić information content (AvgIpc) is 2.18. The fourth-order valence-electron chi connectivity index (χ4n) is 1.42. The predicted molar refractivity (Wildman–Crippen MR) is 38.3 cm³/mol. The van der Waals surface area contributed by atoms with Crippen molar-refractivity contribution in [2.75, 3.05) is 0 Å². The summed E-state index contributed by atoms with van der Waals surface area (Å²) < 4.78 is 0. The van der Waals surface area contributed by atoms with Crippen molar-refractivity contribution in [2.24, 2.45) is 5.92 Å². The topological polar surface area (TPSA) is 29.1 Å². The van der Waals surface area contributed by atoms with E-state index in [0.29, 0.717) is 0 Å². The molecule has 2 bridgehead atoms. The molecule has 0 spiro atoms. The first-order chi connectivity index (χ1) is 4.86. The van der Waals surface area contributed by atoms with Crippen molar-refractivity contribution in [1.29, 1.82) is 0 Å². The third-order valence-corrected chi connectivity index (χ3v) is 1.97. The summed E-state index contributed by atoms with van der Waals surface area (Å²) in [6.45, 7) is 0. The lowest BCUT2D eigenvalue weighted by molar-refractivity contribution is -0.121. The van der Waals surface area contributed by atoms with Crippen LogP contribution in [0.5, 0.6) is 0 Å². The summed E-state index contributed by atoms with van der Waals surface area (Å²) >= 11 is 0. The van der Waals surface area contributed by atoms with Crippen LogP contribution in [-0.4, -0.2) is 11.9 Å². The van der Waals surface area contributed by atoms with Crippen molar-refractivity contribution < 1.29 is 4.79 Å². The van der Waals surface area contributed by atoms with Crippen LogP contribution in [-0.2, 0) is 4.79 Å². The zero-order valence-corrected chi connectivity index (χ0v) is 5.58. The molecule has 1 amide bonds. The van der Waals surface area contributed by atoms with E-state index in [9.17, 15) is 4.79 Å². The van der Waals surface area contributed by atoms with Crippen LogP contribution in [0.25, 0.3) is 0 Å². The molecule has 1 N–H and O–H groups in total. The lowest BCUT2D eigenvalue weighted by atomic mass is 10.1. The Hall–Kier alpha value is -1.05. The van der Waals surface area contributed by atoms with Crippen molar-refractivity contribution in [1.82, 2.24) is 5.32 Å². The highest BCUT2D eigenvalue weighted by atomic mass is 16.2. The number of nitrogens with one attached hydrogen (secondary N) is 1. The van der Waals surface area contributed by atoms with Crippen molar-refractivity contribution in [2.45, 2.75) is 12.5 Å². The Labute approximate surface area is 59.6 Å². The van der Waals surface area contributed by atoms with Gasteiger partial charge >= 0.3 is 0 Å². The van der Waals surface area contributed by atoms with Crippen LogP contribution in [0.1, 0.15) is 6.42 Å². The Morgan fingerprint density at radius 2 is 2.20 bits per heavy atom. The van der Waals surface area contributed by atoms with E-state index in [0.717, 1.165) is 6.42 Å². The minimum Gasteiger partial charge on any atom is -0.349 e. The summed E-state index contributed by atoms with van der Waals surface area (Å²) in [5.74, 6) is 0.297. The molecule has 0 aromatic carbocycles. The summed E-state index contributed by atoms with van der Waals surface area (Å²) in [6, 6.07) is 0.285. The molecule has 0 saturated carbocycles. The number of carbonyl (C=O) groups excluding carboxylic acids is 1. The summed E-state index contributed by atoms with van der Waals surface area (Å²) in [5, 5.41) is 2.88. The van der Waals surface area contributed by atoms with E-state index in [4.69, 9.17) is 0 Å². The van der Waals surface area contributed by atoms with Gasteiger partial charge in [-0.3, -0.25) is 4.79 Å². The van der Waals surface area contributed by atoms with Crippen LogP contribution in [0.15, 0.2) is 24.3 Å². The summed E-state index contributed by atoms with van der Waals surface area (Å²) in [7, 11) is 0. The van der Waals surface area contributed by atoms with Crippen LogP contribution in [0.4, 0.5) is 0 Å². The van der Waals surface area contributed by atoms with Gasteiger partial charge in [-0.1, -0.05) is 24.3 Å². The largest absolute Gasteiger partial charge is 0.349 e. The van der Waals surface area contributed by atoms with Crippen LogP contribution in [0.3, 0.4) is 0 Å². The van der Waals surface area contributed by atoms with Gasteiger partial charge in [-0.15, -0.1) is 0 Å². The van der Waals surface area contributed by atoms with E-state index in [-0.39, 0.29) is 17.9 Å². The van der Waals surface area contributed by atoms with Crippen LogP contribution in [0.2, 0.25) is 0 Å². The van der Waals surface area contributed by atoms with Gasteiger partial charge in [0.05, 0.1) is 5.92 Å². The van der Waals surface area contributed by atoms with E-state index in [1.807, 2.05) is 24.3 Å². The molecule has 10 heavy (non-hydrogen) atoms. The summed E-state index contributed by atoms with van der Waals surface area (Å²) in [4.78, 5) is 11.0. The maximum absolute atomic E-state index is 11.0. The van der Waals surface area contributed by atoms with Gasteiger partial charge in [-0.25, -0.2) is 0 Å². The second-order valence-corrected chi connectivity index (χ2v) is 2.73. The Balaban J connectivity index is 2.29. The molecular formula is C8H9NO. The van der Waals surface area contributed by atoms with E-state index >= 15 is 0 Å². The van der Waals surface area contributed by atoms with Crippen molar-refractivity contribution >= 4 is 5.91 Å². The van der Waals surface area contributed by atoms with Crippen LogP contribution >= 0.6 is 0 Å². The number of allylic oxidation sites excluding steroid dienone is 2. The SMILES string of the molecule is O=C1NC2C=CC=CC1C2. The normalized spacial score (nSPS) is 35.8. The maximum Gasteiger partial charge on any atom is 0.227 e. The lowest BCUT2D eigenvalue weighted by Crippen LogP contribution is -2.24. The van der Waals surface area contributed by atoms with Crippen molar-refractivity contribution in [3.8, 4) is 0 Å². The van der Waals surface area contributed by atoms with Crippen LogP contribution in [0, 0.1) is 5.92 Å². The zero-order chi connectivity index (χ0) is 6.97. The minimum atomic E-state index is 0.125. The highest BCUT2D eigenvalue weighted by Gasteiger charge is 2.28. The number of fused-ring (bicyclic) bond motifs is 2. The van der Waals surface area contributed by atoms with Crippen molar-refractivity contribution in [3.05, 3.63) is 24.3 Å². The lowest BCUT2D eigenvalue weighted by Gasteiger charge is -1.99. The second kappa shape index (κ2) is 1.97. The number of rotatable bonds is 0. The Morgan fingerprint density at radius 1 is 1.40 bits per heavy atom. The van der Waals surface area contributed by atoms with Crippen LogP contribution < -0.4 is 5.32 Å². The van der Waals surface area contributed by atoms with Gasteiger partial charge in [0.15, 0.2) is 0 Å². The Bertz CT molecular complexity index is 217. The average molecular weight is 135 g/mol. The molecule has 2 heteroatoms. The number of carbonyl (C=O) groups is 1. The molecule has 2 aliphatic rings. The molecule has 0 radical (unpaired) electrons. The first kappa shape index (κ1) is 5.71. The minimum absolute atomic E-state index is 0.125. The fraction of sp³-hybridized carbons (Fsp3) is 0.375. The predicted octanol–water partition coefficient (Wildman–Crippen LogP) is 0.617. The van der Waals surface area contributed by atoms with Gasteiger partial charge in [0, 0.05) is 6.04 Å². The molecule has 1 fully saturated rings. The number of hydrogen-bond acceptors (Lipinski definition) is 1. The van der Waals surface area contributed by atoms with Gasteiger partial charge < -0.3 is 5.32 Å². The van der Waals surface area contributed by atoms with Gasteiger partial charge in [0.1, 0.15) is 0 Å². The van der Waals surface area contributed by atoms with E-state index in [1.165, 1.54) is 0 Å². The zero-order valence-electron chi connectivity index (χ0n) is 5.58. The first-order valence-electron chi connectivity index (χ1n) is 3.51. The highest BCUT2D eigenvalue weighted by molar-refractivity contribution is 5.83. The molecule has 2 nitrogen and oxygen atoms in total. The van der Waals surface area contributed by atoms with Gasteiger partial charge in [0.25, 0.3) is 0 Å². The van der Waals surface area contributed by atoms with Gasteiger partial charge in [-0.05, 0) is 6.42 Å². The Morgan fingerprint density at radius 3 is 3.10 bits per heavy atom. The number of hydrogen-bond donors (Lipinski definition) is 1. The summed E-state index contributed by atoms with van der Waals surface area (Å²) in [5.41, 5.74) is 0. The molecule has 2 unspecified atom stereocenters. The third kappa shape index (κ3) is 0.764. The van der Waals surface area contributed by atoms with E-state index in [1.54, 1.807) is 0 Å². The Kier molecular flexibility index (Phi) is 1.13. The molecule has 1 aliphatic carbocycles. The van der Waals surface area contributed by atoms with Crippen molar-refractivity contribution in [3.63, 3.8) is 0 Å². The second-order valence-electron chi connectivity index (χ2n) is 2.73. The molecule has 0 aromatic rings. The molecule has 52 valence electrons. The standard InChI is InChI=1S/C8H9NO/c10-8-6-3-1-2-4-7(5-6)9-8/h1-4,6-7H,5H2,(H,9,10). The maximum atomic E-state index is 11.0.